The lowest BCUT2D eigenvalue weighted by Gasteiger charge is -2.33. The Labute approximate surface area is 135 Å². The summed E-state index contributed by atoms with van der Waals surface area (Å²) in [7, 11) is 2.99. The van der Waals surface area contributed by atoms with Crippen LogP contribution in [0.5, 0.6) is 11.5 Å². The van der Waals surface area contributed by atoms with Crippen LogP contribution in [0.1, 0.15) is 24.2 Å². The first-order valence-corrected chi connectivity index (χ1v) is 7.34. The van der Waals surface area contributed by atoms with Crippen LogP contribution >= 0.6 is 0 Å². The molecular weight excluding hydrogens is 300 g/mol. The summed E-state index contributed by atoms with van der Waals surface area (Å²) in [5.74, 6) is 0.542. The van der Waals surface area contributed by atoms with Crippen molar-refractivity contribution in [1.82, 2.24) is 10.2 Å². The van der Waals surface area contributed by atoms with Crippen molar-refractivity contribution in [3.63, 3.8) is 0 Å². The van der Waals surface area contributed by atoms with Gasteiger partial charge < -0.3 is 19.5 Å². The van der Waals surface area contributed by atoms with Crippen LogP contribution in [0.2, 0.25) is 0 Å². The van der Waals surface area contributed by atoms with Crippen molar-refractivity contribution in [3.8, 4) is 11.5 Å². The SMILES string of the molecule is COc1cccc(OC)c1C(=O)NCC(C)(C)N1CCOC1=O. The number of nitrogens with one attached hydrogen (secondary N) is 1. The summed E-state index contributed by atoms with van der Waals surface area (Å²) in [6.45, 7) is 4.91. The molecule has 0 aliphatic carbocycles. The second-order valence-corrected chi connectivity index (χ2v) is 5.80. The molecule has 0 aromatic heterocycles. The van der Waals surface area contributed by atoms with Crippen LogP contribution in [-0.4, -0.2) is 56.4 Å². The van der Waals surface area contributed by atoms with Crippen molar-refractivity contribution in [2.45, 2.75) is 19.4 Å². The van der Waals surface area contributed by atoms with Crippen molar-refractivity contribution in [1.29, 1.82) is 0 Å². The average Bonchev–Trinajstić information content (AvgIpc) is 2.98. The first-order chi connectivity index (χ1) is 10.9. The summed E-state index contributed by atoms with van der Waals surface area (Å²) < 4.78 is 15.4. The molecule has 126 valence electrons. The molecule has 7 nitrogen and oxygen atoms in total. The Morgan fingerprint density at radius 1 is 1.30 bits per heavy atom. The zero-order chi connectivity index (χ0) is 17.0. The van der Waals surface area contributed by atoms with Crippen molar-refractivity contribution in [3.05, 3.63) is 23.8 Å². The smallest absolute Gasteiger partial charge is 0.410 e. The lowest BCUT2D eigenvalue weighted by atomic mass is 10.0. The van der Waals surface area contributed by atoms with Crippen molar-refractivity contribution >= 4 is 12.0 Å². The van der Waals surface area contributed by atoms with Gasteiger partial charge in [-0.05, 0) is 26.0 Å². The van der Waals surface area contributed by atoms with Gasteiger partial charge >= 0.3 is 6.09 Å². The predicted molar refractivity (Wildman–Crippen MR) is 84.0 cm³/mol. The fourth-order valence-electron chi connectivity index (χ4n) is 2.50. The van der Waals surface area contributed by atoms with E-state index in [-0.39, 0.29) is 18.5 Å². The van der Waals surface area contributed by atoms with Gasteiger partial charge in [-0.2, -0.15) is 0 Å². The molecular formula is C16H22N2O5. The van der Waals surface area contributed by atoms with Gasteiger partial charge in [0.1, 0.15) is 23.7 Å². The number of carbonyl (C=O) groups excluding carboxylic acids is 2. The van der Waals surface area contributed by atoms with E-state index in [4.69, 9.17) is 14.2 Å². The first kappa shape index (κ1) is 16.9. The van der Waals surface area contributed by atoms with Crippen LogP contribution in [0.25, 0.3) is 0 Å². The van der Waals surface area contributed by atoms with Crippen molar-refractivity contribution < 1.29 is 23.8 Å². The molecule has 1 fully saturated rings. The van der Waals surface area contributed by atoms with E-state index in [2.05, 4.69) is 5.32 Å². The molecule has 0 bridgehead atoms. The number of cyclic esters (lactones) is 1. The van der Waals surface area contributed by atoms with E-state index in [1.807, 2.05) is 13.8 Å². The highest BCUT2D eigenvalue weighted by atomic mass is 16.6. The van der Waals surface area contributed by atoms with E-state index in [9.17, 15) is 9.59 Å². The molecule has 0 saturated carbocycles. The topological polar surface area (TPSA) is 77.1 Å². The highest BCUT2D eigenvalue weighted by Gasteiger charge is 2.36. The highest BCUT2D eigenvalue weighted by molar-refractivity contribution is 5.99. The van der Waals surface area contributed by atoms with E-state index in [1.54, 1.807) is 23.1 Å². The summed E-state index contributed by atoms with van der Waals surface area (Å²) in [5, 5.41) is 2.84. The van der Waals surface area contributed by atoms with Gasteiger partial charge in [0.25, 0.3) is 5.91 Å². The van der Waals surface area contributed by atoms with Crippen molar-refractivity contribution in [2.24, 2.45) is 0 Å². The Kier molecular flexibility index (Phi) is 4.98. The normalized spacial score (nSPS) is 14.4. The monoisotopic (exact) mass is 322 g/mol. The number of benzene rings is 1. The average molecular weight is 322 g/mol. The summed E-state index contributed by atoms with van der Waals surface area (Å²) in [6.07, 6.45) is -0.362. The molecule has 1 aromatic rings. The third-order valence-corrected chi connectivity index (χ3v) is 3.83. The Balaban J connectivity index is 2.12. The van der Waals surface area contributed by atoms with E-state index in [0.717, 1.165) is 0 Å². The van der Waals surface area contributed by atoms with E-state index in [0.29, 0.717) is 30.2 Å². The van der Waals surface area contributed by atoms with Crippen LogP contribution in [0.3, 0.4) is 0 Å². The minimum absolute atomic E-state index is 0.280. The molecule has 1 saturated heterocycles. The summed E-state index contributed by atoms with van der Waals surface area (Å²) >= 11 is 0. The molecule has 0 radical (unpaired) electrons. The Bertz CT molecular complexity index is 578. The van der Waals surface area contributed by atoms with Crippen LogP contribution in [-0.2, 0) is 4.74 Å². The maximum Gasteiger partial charge on any atom is 0.410 e. The Hall–Kier alpha value is -2.44. The lowest BCUT2D eigenvalue weighted by molar-refractivity contribution is 0.0897. The predicted octanol–water partition coefficient (Wildman–Crippen LogP) is 1.66. The number of hydrogen-bond donors (Lipinski definition) is 1. The molecule has 0 spiro atoms. The number of methoxy groups -OCH3 is 2. The fraction of sp³-hybridized carbons (Fsp3) is 0.500. The van der Waals surface area contributed by atoms with E-state index in [1.165, 1.54) is 14.2 Å². The molecule has 0 atom stereocenters. The minimum atomic E-state index is -0.557. The number of rotatable bonds is 6. The van der Waals surface area contributed by atoms with Gasteiger partial charge in [0, 0.05) is 6.54 Å². The summed E-state index contributed by atoms with van der Waals surface area (Å²) in [5.41, 5.74) is -0.226. The molecule has 1 heterocycles. The molecule has 1 aliphatic heterocycles. The second kappa shape index (κ2) is 6.76. The second-order valence-electron chi connectivity index (χ2n) is 5.80. The zero-order valence-corrected chi connectivity index (χ0v) is 13.8. The maximum atomic E-state index is 12.5. The van der Waals surface area contributed by atoms with Gasteiger partial charge in [-0.1, -0.05) is 6.07 Å². The molecule has 0 unspecified atom stereocenters. The quantitative estimate of drug-likeness (QED) is 0.862. The molecule has 1 aliphatic rings. The molecule has 1 N–H and O–H groups in total. The number of carbonyl (C=O) groups is 2. The molecule has 23 heavy (non-hydrogen) atoms. The van der Waals surface area contributed by atoms with Crippen LogP contribution < -0.4 is 14.8 Å². The highest BCUT2D eigenvalue weighted by Crippen LogP contribution is 2.28. The van der Waals surface area contributed by atoms with Crippen LogP contribution in [0.15, 0.2) is 18.2 Å². The third-order valence-electron chi connectivity index (χ3n) is 3.83. The van der Waals surface area contributed by atoms with E-state index < -0.39 is 5.54 Å². The van der Waals surface area contributed by atoms with Crippen LogP contribution in [0.4, 0.5) is 4.79 Å². The molecule has 2 rings (SSSR count). The van der Waals surface area contributed by atoms with E-state index >= 15 is 0 Å². The van der Waals surface area contributed by atoms with Gasteiger partial charge in [0.05, 0.1) is 26.3 Å². The van der Waals surface area contributed by atoms with Crippen molar-refractivity contribution in [2.75, 3.05) is 33.9 Å². The maximum absolute atomic E-state index is 12.5. The molecule has 1 aromatic carbocycles. The standard InChI is InChI=1S/C16H22N2O5/c1-16(2,18-8-9-23-15(18)20)10-17-14(19)13-11(21-3)6-5-7-12(13)22-4/h5-7H,8-10H2,1-4H3,(H,17,19). The fourth-order valence-corrected chi connectivity index (χ4v) is 2.50. The number of amides is 2. The number of ether oxygens (including phenoxy) is 3. The van der Waals surface area contributed by atoms with Gasteiger partial charge in [0.15, 0.2) is 0 Å². The van der Waals surface area contributed by atoms with Gasteiger partial charge in [-0.15, -0.1) is 0 Å². The largest absolute Gasteiger partial charge is 0.496 e. The van der Waals surface area contributed by atoms with Gasteiger partial charge in [0.2, 0.25) is 0 Å². The first-order valence-electron chi connectivity index (χ1n) is 7.34. The number of nitrogens with zero attached hydrogens (tertiary/aromatic N) is 1. The summed E-state index contributed by atoms with van der Waals surface area (Å²) in [6, 6.07) is 5.14. The zero-order valence-electron chi connectivity index (χ0n) is 13.8. The third kappa shape index (κ3) is 3.49. The number of hydrogen-bond acceptors (Lipinski definition) is 5. The Morgan fingerprint density at radius 2 is 1.91 bits per heavy atom. The van der Waals surface area contributed by atoms with Crippen LogP contribution in [0, 0.1) is 0 Å². The Morgan fingerprint density at radius 3 is 2.39 bits per heavy atom. The van der Waals surface area contributed by atoms with Gasteiger partial charge in [-0.3, -0.25) is 9.69 Å². The molecule has 2 amide bonds. The van der Waals surface area contributed by atoms with Gasteiger partial charge in [-0.25, -0.2) is 4.79 Å². The summed E-state index contributed by atoms with van der Waals surface area (Å²) in [4.78, 5) is 25.8. The minimum Gasteiger partial charge on any atom is -0.496 e. The lowest BCUT2D eigenvalue weighted by Crippen LogP contribution is -2.52. The molecule has 7 heteroatoms.